The fraction of sp³-hybridized carbons (Fsp3) is 0.500. The van der Waals surface area contributed by atoms with Crippen LogP contribution in [0.15, 0.2) is 18.2 Å². The van der Waals surface area contributed by atoms with Crippen LogP contribution in [0.5, 0.6) is 0 Å². The normalized spacial score (nSPS) is 27.7. The van der Waals surface area contributed by atoms with Crippen molar-refractivity contribution in [1.82, 2.24) is 5.32 Å². The number of halogens is 2. The van der Waals surface area contributed by atoms with Crippen LogP contribution in [0.1, 0.15) is 18.5 Å². The molecule has 0 aliphatic carbocycles. The predicted octanol–water partition coefficient (Wildman–Crippen LogP) is 2.17. The molecule has 1 aromatic rings. The Bertz CT molecular complexity index is 547. The van der Waals surface area contributed by atoms with E-state index in [1.807, 2.05) is 6.92 Å². The second kappa shape index (κ2) is 5.15. The van der Waals surface area contributed by atoms with Gasteiger partial charge in [0.25, 0.3) is 0 Å². The SMILES string of the molecule is CC1CNC(c2ccc(F)cc2Cl)CS(=O)(=O)C1. The third kappa shape index (κ3) is 3.22. The Morgan fingerprint density at radius 1 is 1.39 bits per heavy atom. The van der Waals surface area contributed by atoms with Crippen molar-refractivity contribution in [1.29, 1.82) is 0 Å². The van der Waals surface area contributed by atoms with Crippen LogP contribution in [0.25, 0.3) is 0 Å². The minimum Gasteiger partial charge on any atom is -0.309 e. The quantitative estimate of drug-likeness (QED) is 0.863. The zero-order chi connectivity index (χ0) is 13.3. The molecule has 0 saturated carbocycles. The van der Waals surface area contributed by atoms with Crippen LogP contribution in [-0.2, 0) is 9.84 Å². The van der Waals surface area contributed by atoms with Crippen LogP contribution in [0, 0.1) is 11.7 Å². The van der Waals surface area contributed by atoms with Gasteiger partial charge in [-0.1, -0.05) is 24.6 Å². The highest BCUT2D eigenvalue weighted by Gasteiger charge is 2.28. The van der Waals surface area contributed by atoms with Crippen molar-refractivity contribution in [3.05, 3.63) is 34.6 Å². The van der Waals surface area contributed by atoms with Crippen molar-refractivity contribution in [3.8, 4) is 0 Å². The Hall–Kier alpha value is -0.650. The molecule has 1 fully saturated rings. The van der Waals surface area contributed by atoms with Crippen LogP contribution in [0.4, 0.5) is 4.39 Å². The Morgan fingerprint density at radius 3 is 2.78 bits per heavy atom. The van der Waals surface area contributed by atoms with Crippen molar-refractivity contribution >= 4 is 21.4 Å². The molecule has 100 valence electrons. The highest BCUT2D eigenvalue weighted by Crippen LogP contribution is 2.27. The fourth-order valence-corrected chi connectivity index (χ4v) is 4.43. The maximum atomic E-state index is 13.0. The number of sulfone groups is 1. The monoisotopic (exact) mass is 291 g/mol. The smallest absolute Gasteiger partial charge is 0.152 e. The van der Waals surface area contributed by atoms with Crippen molar-refractivity contribution in [2.45, 2.75) is 13.0 Å². The maximum absolute atomic E-state index is 13.0. The molecule has 1 aliphatic rings. The molecule has 3 nitrogen and oxygen atoms in total. The molecule has 0 radical (unpaired) electrons. The Kier molecular flexibility index (Phi) is 3.94. The molecule has 1 aromatic carbocycles. The van der Waals surface area contributed by atoms with E-state index in [0.717, 1.165) is 0 Å². The molecule has 0 aromatic heterocycles. The number of hydrogen-bond donors (Lipinski definition) is 1. The Morgan fingerprint density at radius 2 is 2.11 bits per heavy atom. The van der Waals surface area contributed by atoms with Crippen LogP contribution < -0.4 is 5.32 Å². The van der Waals surface area contributed by atoms with Gasteiger partial charge in [-0.25, -0.2) is 12.8 Å². The lowest BCUT2D eigenvalue weighted by Crippen LogP contribution is -2.26. The molecule has 0 bridgehead atoms. The Labute approximate surface area is 111 Å². The van der Waals surface area contributed by atoms with Crippen molar-refractivity contribution in [2.24, 2.45) is 5.92 Å². The van der Waals surface area contributed by atoms with Gasteiger partial charge in [0, 0.05) is 11.1 Å². The number of hydrogen-bond acceptors (Lipinski definition) is 3. The Balaban J connectivity index is 2.32. The first-order chi connectivity index (χ1) is 8.37. The molecule has 18 heavy (non-hydrogen) atoms. The summed E-state index contributed by atoms with van der Waals surface area (Å²) in [4.78, 5) is 0. The molecule has 2 atom stereocenters. The van der Waals surface area contributed by atoms with E-state index in [1.165, 1.54) is 12.1 Å². The van der Waals surface area contributed by atoms with Gasteiger partial charge in [-0.2, -0.15) is 0 Å². The maximum Gasteiger partial charge on any atom is 0.152 e. The van der Waals surface area contributed by atoms with Gasteiger partial charge in [0.2, 0.25) is 0 Å². The molecule has 0 amide bonds. The lowest BCUT2D eigenvalue weighted by molar-refractivity contribution is 0.517. The van der Waals surface area contributed by atoms with Gasteiger partial charge in [0.05, 0.1) is 11.5 Å². The summed E-state index contributed by atoms with van der Waals surface area (Å²) in [6.45, 7) is 2.50. The summed E-state index contributed by atoms with van der Waals surface area (Å²) in [5.74, 6) is -0.175. The van der Waals surface area contributed by atoms with Crippen LogP contribution >= 0.6 is 11.6 Å². The summed E-state index contributed by atoms with van der Waals surface area (Å²) in [6.07, 6.45) is 0. The van der Waals surface area contributed by atoms with E-state index in [2.05, 4.69) is 5.32 Å². The van der Waals surface area contributed by atoms with Crippen LogP contribution in [0.3, 0.4) is 0 Å². The van der Waals surface area contributed by atoms with Gasteiger partial charge in [0.15, 0.2) is 9.84 Å². The topological polar surface area (TPSA) is 46.2 Å². The molecule has 1 heterocycles. The summed E-state index contributed by atoms with van der Waals surface area (Å²) >= 11 is 5.97. The number of rotatable bonds is 1. The van der Waals surface area contributed by atoms with Gasteiger partial charge in [-0.05, 0) is 30.2 Å². The molecule has 1 N–H and O–H groups in total. The first-order valence-electron chi connectivity index (χ1n) is 5.76. The summed E-state index contributed by atoms with van der Waals surface area (Å²) in [5.41, 5.74) is 0.635. The van der Waals surface area contributed by atoms with Crippen molar-refractivity contribution in [3.63, 3.8) is 0 Å². The van der Waals surface area contributed by atoms with Gasteiger partial charge in [-0.3, -0.25) is 0 Å². The first kappa shape index (κ1) is 13.8. The second-order valence-corrected chi connectivity index (χ2v) is 7.37. The summed E-state index contributed by atoms with van der Waals surface area (Å²) in [6, 6.07) is 3.68. The third-order valence-corrected chi connectivity index (χ3v) is 5.26. The average molecular weight is 292 g/mol. The van der Waals surface area contributed by atoms with Gasteiger partial charge in [-0.15, -0.1) is 0 Å². The summed E-state index contributed by atoms with van der Waals surface area (Å²) < 4.78 is 36.8. The molecular weight excluding hydrogens is 277 g/mol. The average Bonchev–Trinajstić information content (AvgIpc) is 2.36. The first-order valence-corrected chi connectivity index (χ1v) is 7.96. The van der Waals surface area contributed by atoms with Crippen molar-refractivity contribution in [2.75, 3.05) is 18.1 Å². The van der Waals surface area contributed by atoms with E-state index >= 15 is 0 Å². The largest absolute Gasteiger partial charge is 0.309 e. The predicted molar refractivity (Wildman–Crippen MR) is 70.0 cm³/mol. The lowest BCUT2D eigenvalue weighted by atomic mass is 10.1. The molecule has 0 spiro atoms. The van der Waals surface area contributed by atoms with Crippen LogP contribution in [-0.4, -0.2) is 26.5 Å². The molecule has 1 aliphatic heterocycles. The van der Waals surface area contributed by atoms with E-state index in [9.17, 15) is 12.8 Å². The minimum absolute atomic E-state index is 0.00267. The lowest BCUT2D eigenvalue weighted by Gasteiger charge is -2.17. The van der Waals surface area contributed by atoms with E-state index in [4.69, 9.17) is 11.6 Å². The molecule has 2 rings (SSSR count). The highest BCUT2D eigenvalue weighted by molar-refractivity contribution is 7.91. The molecule has 2 unspecified atom stereocenters. The zero-order valence-corrected chi connectivity index (χ0v) is 11.6. The van der Waals surface area contributed by atoms with E-state index in [-0.39, 0.29) is 28.5 Å². The number of benzene rings is 1. The fourth-order valence-electron chi connectivity index (χ4n) is 2.20. The minimum atomic E-state index is -3.11. The van der Waals surface area contributed by atoms with Crippen LogP contribution in [0.2, 0.25) is 5.02 Å². The number of nitrogens with one attached hydrogen (secondary N) is 1. The summed E-state index contributed by atoms with van der Waals surface area (Å²) in [5, 5.41) is 3.44. The van der Waals surface area contributed by atoms with Gasteiger partial charge >= 0.3 is 0 Å². The molecule has 6 heteroatoms. The highest BCUT2D eigenvalue weighted by atomic mass is 35.5. The second-order valence-electron chi connectivity index (χ2n) is 4.81. The van der Waals surface area contributed by atoms with E-state index in [1.54, 1.807) is 6.07 Å². The van der Waals surface area contributed by atoms with E-state index in [0.29, 0.717) is 12.1 Å². The van der Waals surface area contributed by atoms with Gasteiger partial charge < -0.3 is 5.32 Å². The third-order valence-electron chi connectivity index (χ3n) is 3.01. The standard InChI is InChI=1S/C12H15ClFNO2S/c1-8-5-15-12(7-18(16,17)6-8)10-3-2-9(14)4-11(10)13/h2-4,8,12,15H,5-7H2,1H3. The van der Waals surface area contributed by atoms with Gasteiger partial charge in [0.1, 0.15) is 5.82 Å². The van der Waals surface area contributed by atoms with Crippen molar-refractivity contribution < 1.29 is 12.8 Å². The molecule has 1 saturated heterocycles. The molecular formula is C12H15ClFNO2S. The van der Waals surface area contributed by atoms with E-state index < -0.39 is 15.7 Å². The summed E-state index contributed by atoms with van der Waals surface area (Å²) in [7, 11) is -3.11. The zero-order valence-electron chi connectivity index (χ0n) is 9.99.